The fourth-order valence-corrected chi connectivity index (χ4v) is 3.21. The Labute approximate surface area is 154 Å². The maximum atomic E-state index is 12.9. The highest BCUT2D eigenvalue weighted by Crippen LogP contribution is 2.36. The number of aldehydes is 1. The van der Waals surface area contributed by atoms with Crippen molar-refractivity contribution in [1.29, 1.82) is 0 Å². The fourth-order valence-electron chi connectivity index (χ4n) is 2.37. The van der Waals surface area contributed by atoms with Gasteiger partial charge in [-0.25, -0.2) is 0 Å². The van der Waals surface area contributed by atoms with E-state index in [-0.39, 0.29) is 18.1 Å². The molecule has 1 N–H and O–H groups in total. The number of rotatable bonds is 6. The lowest BCUT2D eigenvalue weighted by Crippen LogP contribution is -2.29. The van der Waals surface area contributed by atoms with Gasteiger partial charge in [-0.05, 0) is 35.2 Å². The predicted octanol–water partition coefficient (Wildman–Crippen LogP) is 4.77. The molecule has 146 valence electrons. The smallest absolute Gasteiger partial charge is 0.351 e. The summed E-state index contributed by atoms with van der Waals surface area (Å²) in [5.74, 6) is -1.51. The van der Waals surface area contributed by atoms with Crippen LogP contribution in [-0.2, 0) is 28.5 Å². The van der Waals surface area contributed by atoms with Crippen LogP contribution >= 0.6 is 11.3 Å². The van der Waals surface area contributed by atoms with Gasteiger partial charge in [0.1, 0.15) is 6.29 Å². The van der Waals surface area contributed by atoms with E-state index in [0.29, 0.717) is 23.3 Å². The summed E-state index contributed by atoms with van der Waals surface area (Å²) in [6.07, 6.45) is -9.55. The molecule has 1 unspecified atom stereocenters. The van der Waals surface area contributed by atoms with Crippen LogP contribution in [-0.4, -0.2) is 12.2 Å². The minimum Gasteiger partial charge on any atom is -0.351 e. The van der Waals surface area contributed by atoms with Crippen LogP contribution in [0, 0.1) is 0 Å². The van der Waals surface area contributed by atoms with Gasteiger partial charge in [0.15, 0.2) is 0 Å². The highest BCUT2D eigenvalue weighted by Gasteiger charge is 2.37. The van der Waals surface area contributed by atoms with Gasteiger partial charge in [0.05, 0.1) is 17.0 Å². The minimum atomic E-state index is -4.96. The molecule has 10 heteroatoms. The summed E-state index contributed by atoms with van der Waals surface area (Å²) < 4.78 is 77.1. The lowest BCUT2D eigenvalue weighted by Gasteiger charge is -2.16. The zero-order valence-electron chi connectivity index (χ0n) is 13.5. The van der Waals surface area contributed by atoms with Crippen molar-refractivity contribution in [3.8, 4) is 0 Å². The minimum absolute atomic E-state index is 0.0200. The highest BCUT2D eigenvalue weighted by atomic mass is 32.1. The van der Waals surface area contributed by atoms with Crippen molar-refractivity contribution >= 4 is 23.5 Å². The summed E-state index contributed by atoms with van der Waals surface area (Å²) in [6, 6.07) is 4.40. The van der Waals surface area contributed by atoms with Gasteiger partial charge in [-0.1, -0.05) is 6.07 Å². The number of thiophene rings is 1. The van der Waals surface area contributed by atoms with E-state index in [4.69, 9.17) is 0 Å². The molecule has 2 aromatic rings. The SMILES string of the molecule is O=CCC(C(=O)NCc1cc(C(F)(F)F)cc(C(F)(F)F)c1)c1cccs1. The van der Waals surface area contributed by atoms with Crippen molar-refractivity contribution < 1.29 is 35.9 Å². The molecule has 1 atom stereocenters. The van der Waals surface area contributed by atoms with Gasteiger partial charge in [0.25, 0.3) is 0 Å². The first-order valence-electron chi connectivity index (χ1n) is 7.55. The number of nitrogens with one attached hydrogen (secondary N) is 1. The van der Waals surface area contributed by atoms with Gasteiger partial charge in [0, 0.05) is 17.8 Å². The van der Waals surface area contributed by atoms with Crippen LogP contribution in [0.3, 0.4) is 0 Å². The van der Waals surface area contributed by atoms with Crippen LogP contribution < -0.4 is 5.32 Å². The summed E-state index contributed by atoms with van der Waals surface area (Å²) in [5, 5.41) is 3.99. The Balaban J connectivity index is 2.23. The molecule has 0 spiro atoms. The molecule has 1 aromatic carbocycles. The van der Waals surface area contributed by atoms with Crippen LogP contribution in [0.5, 0.6) is 0 Å². The largest absolute Gasteiger partial charge is 0.416 e. The van der Waals surface area contributed by atoms with Crippen molar-refractivity contribution in [3.05, 3.63) is 57.3 Å². The van der Waals surface area contributed by atoms with E-state index >= 15 is 0 Å². The molecule has 0 aliphatic heterocycles. The lowest BCUT2D eigenvalue weighted by molar-refractivity contribution is -0.143. The normalized spacial score (nSPS) is 13.3. The molecule has 3 nitrogen and oxygen atoms in total. The van der Waals surface area contributed by atoms with Crippen LogP contribution in [0.1, 0.15) is 33.9 Å². The molecule has 1 amide bonds. The van der Waals surface area contributed by atoms with Gasteiger partial charge in [-0.15, -0.1) is 11.3 Å². The van der Waals surface area contributed by atoms with E-state index in [2.05, 4.69) is 5.32 Å². The molecule has 2 rings (SSSR count). The molecule has 27 heavy (non-hydrogen) atoms. The van der Waals surface area contributed by atoms with Crippen LogP contribution in [0.15, 0.2) is 35.7 Å². The summed E-state index contributed by atoms with van der Waals surface area (Å²) in [4.78, 5) is 23.6. The Morgan fingerprint density at radius 1 is 1.07 bits per heavy atom. The summed E-state index contributed by atoms with van der Waals surface area (Å²) in [5.41, 5.74) is -3.25. The Hall–Kier alpha value is -2.36. The molecule has 0 aliphatic carbocycles. The molecule has 0 bridgehead atoms. The summed E-state index contributed by atoms with van der Waals surface area (Å²) in [7, 11) is 0. The van der Waals surface area contributed by atoms with E-state index in [1.165, 1.54) is 11.3 Å². The van der Waals surface area contributed by atoms with Gasteiger partial charge < -0.3 is 10.1 Å². The first-order chi connectivity index (χ1) is 12.5. The third-order valence-electron chi connectivity index (χ3n) is 3.65. The van der Waals surface area contributed by atoms with Gasteiger partial charge >= 0.3 is 12.4 Å². The molecular weight excluding hydrogens is 396 g/mol. The number of carbonyl (C=O) groups excluding carboxylic acids is 2. The van der Waals surface area contributed by atoms with Gasteiger partial charge in [-0.2, -0.15) is 26.3 Å². The second-order valence-electron chi connectivity index (χ2n) is 5.60. The Bertz CT molecular complexity index is 766. The first kappa shape index (κ1) is 20.9. The van der Waals surface area contributed by atoms with E-state index < -0.39 is 41.8 Å². The van der Waals surface area contributed by atoms with Crippen molar-refractivity contribution in [1.82, 2.24) is 5.32 Å². The van der Waals surface area contributed by atoms with Crippen molar-refractivity contribution in [2.24, 2.45) is 0 Å². The maximum Gasteiger partial charge on any atom is 0.416 e. The van der Waals surface area contributed by atoms with E-state index in [1.807, 2.05) is 0 Å². The first-order valence-corrected chi connectivity index (χ1v) is 8.43. The number of hydrogen-bond acceptors (Lipinski definition) is 3. The fraction of sp³-hybridized carbons (Fsp3) is 0.294. The van der Waals surface area contributed by atoms with Gasteiger partial charge in [-0.3, -0.25) is 4.79 Å². The third kappa shape index (κ3) is 5.56. The molecule has 0 fully saturated rings. The van der Waals surface area contributed by atoms with Gasteiger partial charge in [0.2, 0.25) is 5.91 Å². The maximum absolute atomic E-state index is 12.9. The monoisotopic (exact) mass is 409 g/mol. The quantitative estimate of drug-likeness (QED) is 0.552. The lowest BCUT2D eigenvalue weighted by atomic mass is 10.0. The average Bonchev–Trinajstić information content (AvgIpc) is 3.10. The predicted molar refractivity (Wildman–Crippen MR) is 86.0 cm³/mol. The standard InChI is InChI=1S/C17H13F6NO2S/c18-16(19,20)11-6-10(7-12(8-11)17(21,22)23)9-24-15(26)13(3-4-25)14-2-1-5-27-14/h1-2,4-8,13H,3,9H2,(H,24,26). The molecule has 1 aromatic heterocycles. The Morgan fingerprint density at radius 3 is 2.11 bits per heavy atom. The second kappa shape index (κ2) is 8.12. The molecule has 0 aliphatic rings. The zero-order chi connectivity index (χ0) is 20.2. The van der Waals surface area contributed by atoms with E-state index in [0.717, 1.165) is 0 Å². The van der Waals surface area contributed by atoms with Crippen LogP contribution in [0.25, 0.3) is 0 Å². The topological polar surface area (TPSA) is 46.2 Å². The number of alkyl halides is 6. The number of hydrogen-bond donors (Lipinski definition) is 1. The van der Waals surface area contributed by atoms with Crippen molar-refractivity contribution in [3.63, 3.8) is 0 Å². The van der Waals surface area contributed by atoms with Crippen molar-refractivity contribution in [2.45, 2.75) is 31.2 Å². The summed E-state index contributed by atoms with van der Waals surface area (Å²) in [6.45, 7) is -0.535. The van der Waals surface area contributed by atoms with Crippen LogP contribution in [0.4, 0.5) is 26.3 Å². The zero-order valence-corrected chi connectivity index (χ0v) is 14.3. The molecule has 1 heterocycles. The molecule has 0 saturated heterocycles. The Kier molecular flexibility index (Phi) is 6.30. The number of halogens is 6. The van der Waals surface area contributed by atoms with Crippen molar-refractivity contribution in [2.75, 3.05) is 0 Å². The van der Waals surface area contributed by atoms with E-state index in [1.54, 1.807) is 17.5 Å². The number of carbonyl (C=O) groups is 2. The Morgan fingerprint density at radius 2 is 1.67 bits per heavy atom. The second-order valence-corrected chi connectivity index (χ2v) is 6.58. The molecular formula is C17H13F6NO2S. The third-order valence-corrected chi connectivity index (χ3v) is 4.64. The number of amides is 1. The number of benzene rings is 1. The van der Waals surface area contributed by atoms with Crippen LogP contribution in [0.2, 0.25) is 0 Å². The average molecular weight is 409 g/mol. The molecule has 0 saturated carbocycles. The summed E-state index contributed by atoms with van der Waals surface area (Å²) >= 11 is 1.22. The molecule has 0 radical (unpaired) electrons. The van der Waals surface area contributed by atoms with E-state index in [9.17, 15) is 35.9 Å². The highest BCUT2D eigenvalue weighted by molar-refractivity contribution is 7.10.